The standard InChI is InChI=1S/C14H18FN3O3/c1-3-16-12-7-10(13(18(20)21)8-11(12)15)14(19)17-6-4-5-9(17)2/h7-9,16H,3-6H2,1-2H3. The topological polar surface area (TPSA) is 75.5 Å². The summed E-state index contributed by atoms with van der Waals surface area (Å²) in [6.45, 7) is 4.73. The van der Waals surface area contributed by atoms with Crippen LogP contribution >= 0.6 is 0 Å². The van der Waals surface area contributed by atoms with Crippen molar-refractivity contribution >= 4 is 17.3 Å². The Kier molecular flexibility index (Phi) is 4.40. The van der Waals surface area contributed by atoms with Gasteiger partial charge in [-0.1, -0.05) is 0 Å². The second-order valence-electron chi connectivity index (χ2n) is 5.13. The molecule has 1 aromatic rings. The average Bonchev–Trinajstić information content (AvgIpc) is 2.86. The number of nitro groups is 1. The fraction of sp³-hybridized carbons (Fsp3) is 0.500. The third-order valence-electron chi connectivity index (χ3n) is 3.69. The van der Waals surface area contributed by atoms with E-state index in [1.165, 1.54) is 6.07 Å². The van der Waals surface area contributed by atoms with Crippen molar-refractivity contribution in [2.45, 2.75) is 32.7 Å². The molecule has 1 aliphatic rings. The van der Waals surface area contributed by atoms with E-state index in [4.69, 9.17) is 0 Å². The molecule has 0 spiro atoms. The van der Waals surface area contributed by atoms with Crippen molar-refractivity contribution in [1.82, 2.24) is 4.90 Å². The highest BCUT2D eigenvalue weighted by molar-refractivity contribution is 5.99. The van der Waals surface area contributed by atoms with Gasteiger partial charge in [0.05, 0.1) is 16.7 Å². The Morgan fingerprint density at radius 1 is 1.57 bits per heavy atom. The van der Waals surface area contributed by atoms with Gasteiger partial charge < -0.3 is 10.2 Å². The Bertz CT molecular complexity index is 577. The number of nitrogens with zero attached hydrogens (tertiary/aromatic N) is 2. The third-order valence-corrected chi connectivity index (χ3v) is 3.69. The number of nitrogens with one attached hydrogen (secondary N) is 1. The van der Waals surface area contributed by atoms with Gasteiger partial charge in [0.2, 0.25) is 0 Å². The van der Waals surface area contributed by atoms with Crippen molar-refractivity contribution in [2.75, 3.05) is 18.4 Å². The van der Waals surface area contributed by atoms with Crippen molar-refractivity contribution in [2.24, 2.45) is 0 Å². The van der Waals surface area contributed by atoms with E-state index in [1.54, 1.807) is 11.8 Å². The van der Waals surface area contributed by atoms with Crippen LogP contribution in [-0.4, -0.2) is 34.9 Å². The van der Waals surface area contributed by atoms with E-state index in [-0.39, 0.29) is 17.3 Å². The van der Waals surface area contributed by atoms with Gasteiger partial charge in [-0.2, -0.15) is 0 Å². The van der Waals surface area contributed by atoms with Gasteiger partial charge in [-0.15, -0.1) is 0 Å². The minimum absolute atomic E-state index is 0.0461. The number of hydrogen-bond acceptors (Lipinski definition) is 4. The van der Waals surface area contributed by atoms with Crippen LogP contribution in [0.1, 0.15) is 37.0 Å². The van der Waals surface area contributed by atoms with Crippen molar-refractivity contribution < 1.29 is 14.1 Å². The van der Waals surface area contributed by atoms with Crippen molar-refractivity contribution in [1.29, 1.82) is 0 Å². The van der Waals surface area contributed by atoms with Crippen molar-refractivity contribution in [3.05, 3.63) is 33.6 Å². The number of amides is 1. The number of carbonyl (C=O) groups excluding carboxylic acids is 1. The summed E-state index contributed by atoms with van der Waals surface area (Å²) in [5, 5.41) is 13.9. The van der Waals surface area contributed by atoms with Gasteiger partial charge in [0.25, 0.3) is 11.6 Å². The summed E-state index contributed by atoms with van der Waals surface area (Å²) in [5.74, 6) is -1.14. The van der Waals surface area contributed by atoms with E-state index in [0.717, 1.165) is 18.9 Å². The van der Waals surface area contributed by atoms with Crippen molar-refractivity contribution in [3.8, 4) is 0 Å². The molecule has 1 aliphatic heterocycles. The molecule has 1 N–H and O–H groups in total. The summed E-state index contributed by atoms with van der Waals surface area (Å²) in [6.07, 6.45) is 1.75. The van der Waals surface area contributed by atoms with Crippen LogP contribution in [0.2, 0.25) is 0 Å². The highest BCUT2D eigenvalue weighted by atomic mass is 19.1. The number of nitro benzene ring substituents is 1. The van der Waals surface area contributed by atoms with Crippen LogP contribution in [0.4, 0.5) is 15.8 Å². The molecule has 6 nitrogen and oxygen atoms in total. The van der Waals surface area contributed by atoms with Gasteiger partial charge in [-0.3, -0.25) is 14.9 Å². The highest BCUT2D eigenvalue weighted by Crippen LogP contribution is 2.29. The molecule has 1 fully saturated rings. The first-order valence-electron chi connectivity index (χ1n) is 6.98. The Morgan fingerprint density at radius 2 is 2.29 bits per heavy atom. The largest absolute Gasteiger partial charge is 0.383 e. The number of rotatable bonds is 4. The van der Waals surface area contributed by atoms with Crippen LogP contribution in [0.5, 0.6) is 0 Å². The Hall–Kier alpha value is -2.18. The maximum atomic E-state index is 13.8. The lowest BCUT2D eigenvalue weighted by atomic mass is 10.1. The number of halogens is 1. The smallest absolute Gasteiger partial charge is 0.285 e. The number of hydrogen-bond donors (Lipinski definition) is 1. The quantitative estimate of drug-likeness (QED) is 0.684. The van der Waals surface area contributed by atoms with Crippen LogP contribution < -0.4 is 5.32 Å². The first-order chi connectivity index (χ1) is 9.95. The van der Waals surface area contributed by atoms with Crippen molar-refractivity contribution in [3.63, 3.8) is 0 Å². The summed E-state index contributed by atoms with van der Waals surface area (Å²) in [6, 6.07) is 2.10. The van der Waals surface area contributed by atoms with Gasteiger partial charge >= 0.3 is 0 Å². The van der Waals surface area contributed by atoms with Gasteiger partial charge in [0, 0.05) is 19.1 Å². The molecule has 0 saturated carbocycles. The molecule has 0 aliphatic carbocycles. The van der Waals surface area contributed by atoms with E-state index >= 15 is 0 Å². The molecular formula is C14H18FN3O3. The Balaban J connectivity index is 2.46. The van der Waals surface area contributed by atoms with Crippen LogP contribution in [0.15, 0.2) is 12.1 Å². The predicted molar refractivity (Wildman–Crippen MR) is 77.0 cm³/mol. The second kappa shape index (κ2) is 6.07. The fourth-order valence-corrected chi connectivity index (χ4v) is 2.60. The highest BCUT2D eigenvalue weighted by Gasteiger charge is 2.31. The average molecular weight is 295 g/mol. The summed E-state index contributed by atoms with van der Waals surface area (Å²) in [4.78, 5) is 24.5. The molecule has 1 unspecified atom stereocenters. The minimum atomic E-state index is -0.727. The number of carbonyl (C=O) groups is 1. The minimum Gasteiger partial charge on any atom is -0.383 e. The van der Waals surface area contributed by atoms with Crippen LogP contribution in [0.25, 0.3) is 0 Å². The molecule has 21 heavy (non-hydrogen) atoms. The zero-order valence-corrected chi connectivity index (χ0v) is 12.1. The van der Waals surface area contributed by atoms with Gasteiger partial charge in [-0.25, -0.2) is 4.39 Å². The maximum absolute atomic E-state index is 13.8. The molecule has 1 amide bonds. The van der Waals surface area contributed by atoms with Crippen LogP contribution in [-0.2, 0) is 0 Å². The second-order valence-corrected chi connectivity index (χ2v) is 5.13. The third kappa shape index (κ3) is 2.96. The predicted octanol–water partition coefficient (Wildman–Crippen LogP) is 2.79. The molecule has 0 aromatic heterocycles. The molecule has 1 atom stereocenters. The fourth-order valence-electron chi connectivity index (χ4n) is 2.60. The first-order valence-corrected chi connectivity index (χ1v) is 6.98. The molecule has 1 aromatic carbocycles. The van der Waals surface area contributed by atoms with E-state index in [2.05, 4.69) is 5.32 Å². The zero-order chi connectivity index (χ0) is 15.6. The zero-order valence-electron chi connectivity index (χ0n) is 12.1. The number of likely N-dealkylation sites (tertiary alicyclic amines) is 1. The lowest BCUT2D eigenvalue weighted by Crippen LogP contribution is -2.34. The molecule has 1 saturated heterocycles. The number of benzene rings is 1. The van der Waals surface area contributed by atoms with Crippen LogP contribution in [0, 0.1) is 15.9 Å². The summed E-state index contributed by atoms with van der Waals surface area (Å²) < 4.78 is 13.8. The maximum Gasteiger partial charge on any atom is 0.285 e. The van der Waals surface area contributed by atoms with E-state index in [0.29, 0.717) is 13.1 Å². The molecule has 114 valence electrons. The van der Waals surface area contributed by atoms with Gasteiger partial charge in [-0.05, 0) is 32.8 Å². The molecular weight excluding hydrogens is 277 g/mol. The van der Waals surface area contributed by atoms with Gasteiger partial charge in [0.15, 0.2) is 5.82 Å². The molecule has 0 bridgehead atoms. The lowest BCUT2D eigenvalue weighted by Gasteiger charge is -2.21. The number of anilines is 1. The lowest BCUT2D eigenvalue weighted by molar-refractivity contribution is -0.385. The normalized spacial score (nSPS) is 17.9. The summed E-state index contributed by atoms with van der Waals surface area (Å²) in [5.41, 5.74) is -0.442. The van der Waals surface area contributed by atoms with E-state index in [1.807, 2.05) is 6.92 Å². The molecule has 2 rings (SSSR count). The molecule has 7 heteroatoms. The monoisotopic (exact) mass is 295 g/mol. The van der Waals surface area contributed by atoms with Gasteiger partial charge in [0.1, 0.15) is 5.56 Å². The summed E-state index contributed by atoms with van der Waals surface area (Å²) in [7, 11) is 0. The van der Waals surface area contributed by atoms with E-state index < -0.39 is 22.3 Å². The Morgan fingerprint density at radius 3 is 2.81 bits per heavy atom. The van der Waals surface area contributed by atoms with Crippen LogP contribution in [0.3, 0.4) is 0 Å². The molecule has 1 heterocycles. The summed E-state index contributed by atoms with van der Waals surface area (Å²) >= 11 is 0. The molecule has 0 radical (unpaired) electrons. The first kappa shape index (κ1) is 15.2. The van der Waals surface area contributed by atoms with E-state index in [9.17, 15) is 19.3 Å². The Labute approximate surface area is 122 Å². The SMILES string of the molecule is CCNc1cc(C(=O)N2CCCC2C)c([N+](=O)[O-])cc1F.